The second-order valence-electron chi connectivity index (χ2n) is 34.1. The van der Waals surface area contributed by atoms with Crippen molar-refractivity contribution in [2.45, 2.75) is 129 Å². The molecule has 0 spiro atoms. The second kappa shape index (κ2) is 56.8. The molecule has 0 bridgehead atoms. The number of esters is 1. The number of carbonyl (C=O) groups excluding carboxylic acids is 7. The molecule has 9 aromatic carbocycles. The number of carbonyl (C=O) groups is 5. The van der Waals surface area contributed by atoms with Crippen LogP contribution in [0.2, 0.25) is 0 Å². The van der Waals surface area contributed by atoms with Crippen LogP contribution in [0.15, 0.2) is 243 Å². The molecule has 39 heteroatoms. The lowest BCUT2D eigenvalue weighted by Gasteiger charge is -2.28. The molecule has 0 aliphatic heterocycles. The standard InChI is InChI=1S/C27H32N4O5.C25H31N5O2.C21H24N4O4.C19H20N4O3.C13H18N4O2.CO2/c1-30(27(33)35-18-19-8-5-4-6-9-19)17-24-25(28-29-31(24)2)20-12-14-22(15-13-20)36-23-11-7-10-21(16-23)26(32)34-3;1-29(17-19-9-5-3-6-10-19)25(31)32-18-23-24(27-28-30(23)2)20-13-15-22(16-14-20)26-21-11-7-4-8-12-21;1-24(21(26)28-14-16-7-5-4-6-8-16)13-19-20(22-23-25(19)2)17-9-11-18(12-10-17)29-15-27-3;1-22(19(25)26-13-14-6-4-3-5-7-14)12-17-18(20-21-23(17)2)15-8-10-16(24)11-9-15;1-14-8-12-13(15-16-17(12)2)10-4-6-11(7-5-10)19-9-18-3;2-1-3/h4-6,8-9,12-15,21,23H,7,10-11,16-18H2,1-3H3;3,5-6,9-10,13-16,21,26H,4,7-8,11-12,17-18H2,1-2H3;4-12H,13-15H2,1-3H3;3-11,24H,12-13H2,1-2H3;4-7,14H,8-9H2,1-3H3;/t21-,23-;;;;;/m0...../s1. The maximum Gasteiger partial charge on any atom is 0.410 e. The molecule has 5 aromatic heterocycles. The smallest absolute Gasteiger partial charge is 0.410 e. The van der Waals surface area contributed by atoms with Gasteiger partial charge in [-0.1, -0.05) is 179 Å². The first-order valence-electron chi connectivity index (χ1n) is 47.0. The van der Waals surface area contributed by atoms with Crippen molar-refractivity contribution < 1.29 is 86.0 Å². The van der Waals surface area contributed by atoms with Gasteiger partial charge in [0.05, 0.1) is 61.5 Å². The first-order valence-corrected chi connectivity index (χ1v) is 47.0. The van der Waals surface area contributed by atoms with Crippen molar-refractivity contribution >= 4 is 42.2 Å². The number of anilines is 1. The zero-order chi connectivity index (χ0) is 103. The van der Waals surface area contributed by atoms with Crippen LogP contribution >= 0.6 is 0 Å². The molecule has 0 saturated heterocycles. The lowest BCUT2D eigenvalue weighted by Crippen LogP contribution is -2.30. The normalized spacial score (nSPS) is 12.9. The lowest BCUT2D eigenvalue weighted by atomic mass is 9.87. The van der Waals surface area contributed by atoms with E-state index >= 15 is 0 Å². The minimum Gasteiger partial charge on any atom is -0.508 e. The maximum atomic E-state index is 12.5. The number of amides is 4. The van der Waals surface area contributed by atoms with E-state index in [4.69, 9.17) is 57.0 Å². The number of aromatic nitrogens is 15. The minimum absolute atomic E-state index is 0.0173. The Bertz CT molecular complexity index is 6350. The highest BCUT2D eigenvalue weighted by Crippen LogP contribution is 2.34. The van der Waals surface area contributed by atoms with E-state index in [1.54, 1.807) is 116 Å². The first-order chi connectivity index (χ1) is 70.3. The molecule has 145 heavy (non-hydrogen) atoms. The summed E-state index contributed by atoms with van der Waals surface area (Å²) >= 11 is 0. The fourth-order valence-electron chi connectivity index (χ4n) is 15.6. The van der Waals surface area contributed by atoms with Gasteiger partial charge in [-0.2, -0.15) is 9.59 Å². The molecule has 2 saturated carbocycles. The lowest BCUT2D eigenvalue weighted by molar-refractivity contribution is -0.191. The Morgan fingerprint density at radius 1 is 0.379 bits per heavy atom. The highest BCUT2D eigenvalue weighted by atomic mass is 16.7. The maximum absolute atomic E-state index is 12.5. The Morgan fingerprint density at radius 2 is 0.703 bits per heavy atom. The van der Waals surface area contributed by atoms with Crippen molar-refractivity contribution in [2.75, 3.05) is 75.5 Å². The third-order valence-corrected chi connectivity index (χ3v) is 23.5. The summed E-state index contributed by atoms with van der Waals surface area (Å²) in [6, 6.07) is 76.8. The predicted octanol–water partition coefficient (Wildman–Crippen LogP) is 16.1. The molecule has 2 aliphatic rings. The molecule has 2 aliphatic carbocycles. The van der Waals surface area contributed by atoms with Crippen LogP contribution in [0.4, 0.5) is 24.9 Å². The van der Waals surface area contributed by atoms with Gasteiger partial charge in [0.1, 0.15) is 83.6 Å². The van der Waals surface area contributed by atoms with Gasteiger partial charge < -0.3 is 82.7 Å². The van der Waals surface area contributed by atoms with E-state index in [0.29, 0.717) is 61.5 Å². The number of ether oxygens (including phenoxy) is 10. The summed E-state index contributed by atoms with van der Waals surface area (Å²) in [6.45, 7) is 3.32. The highest BCUT2D eigenvalue weighted by Gasteiger charge is 2.31. The van der Waals surface area contributed by atoms with Crippen LogP contribution in [-0.2, 0) is 142 Å². The molecule has 4 amide bonds. The summed E-state index contributed by atoms with van der Waals surface area (Å²) < 4.78 is 61.7. The van der Waals surface area contributed by atoms with Gasteiger partial charge in [-0.05, 0) is 177 Å². The SMILES string of the molecule is CN(Cc1c(-c2ccc(O)cc2)nnn1C)C(=O)OCc1ccccc1.CN(Cc1ccccc1)C(=O)OCc1c(-c2ccc(NC3CCCCC3)cc2)nnn1C.CNCc1c(-c2ccc(OCOC)cc2)nnn1C.COC(=O)[C@H]1CCC[C@H](Oc2ccc(-c3nnn(C)c3CN(C)C(=O)OCc3ccccc3)cc2)C1.COCOc1ccc(-c2nnn(C)c2CN(C)C(=O)OCc2ccccc2)cc1.O=C=O. The van der Waals surface area contributed by atoms with Crippen molar-refractivity contribution in [2.24, 2.45) is 41.2 Å². The molecule has 2 fully saturated rings. The number of benzene rings is 9. The topological polar surface area (TPSA) is 423 Å². The number of nitrogens with one attached hydrogen (secondary N) is 2. The number of aromatic hydroxyl groups is 1. The summed E-state index contributed by atoms with van der Waals surface area (Å²) in [5, 5.41) is 58.0. The molecule has 39 nitrogen and oxygen atoms in total. The molecule has 0 unspecified atom stereocenters. The van der Waals surface area contributed by atoms with Crippen molar-refractivity contribution in [1.82, 2.24) is 99.9 Å². The van der Waals surface area contributed by atoms with Gasteiger partial charge in [-0.15, -0.1) is 25.5 Å². The average Bonchev–Trinajstić information content (AvgIpc) is 1.71. The van der Waals surface area contributed by atoms with Gasteiger partial charge in [0, 0.05) is 130 Å². The van der Waals surface area contributed by atoms with Gasteiger partial charge in [0.2, 0.25) is 0 Å². The van der Waals surface area contributed by atoms with E-state index < -0.39 is 18.3 Å². The number of aryl methyl sites for hydroxylation is 5. The summed E-state index contributed by atoms with van der Waals surface area (Å²) in [4.78, 5) is 83.8. The molecule has 2 atom stereocenters. The number of phenolic OH excluding ortho intramolecular Hbond substituents is 1. The molecule has 762 valence electrons. The quantitative estimate of drug-likeness (QED) is 0.0191. The Hall–Kier alpha value is -16.5. The van der Waals surface area contributed by atoms with Crippen molar-refractivity contribution in [3.8, 4) is 79.3 Å². The van der Waals surface area contributed by atoms with Crippen molar-refractivity contribution in [3.63, 3.8) is 0 Å². The van der Waals surface area contributed by atoms with Crippen molar-refractivity contribution in [3.05, 3.63) is 293 Å². The van der Waals surface area contributed by atoms with Gasteiger partial charge in [-0.25, -0.2) is 37.9 Å². The van der Waals surface area contributed by atoms with E-state index in [2.05, 4.69) is 74.3 Å². The van der Waals surface area contributed by atoms with E-state index in [1.807, 2.05) is 227 Å². The van der Waals surface area contributed by atoms with Gasteiger partial charge in [0.25, 0.3) is 0 Å². The predicted molar refractivity (Wildman–Crippen MR) is 538 cm³/mol. The summed E-state index contributed by atoms with van der Waals surface area (Å²) in [7, 11) is 22.3. The molecule has 3 N–H and O–H groups in total. The van der Waals surface area contributed by atoms with Crippen LogP contribution in [0.5, 0.6) is 23.0 Å². The first kappa shape index (κ1) is 109. The number of rotatable bonds is 34. The number of methoxy groups -OCH3 is 3. The molecule has 5 heterocycles. The zero-order valence-corrected chi connectivity index (χ0v) is 83.9. The van der Waals surface area contributed by atoms with E-state index in [-0.39, 0.29) is 76.0 Å². The fraction of sp³-hybridized carbons (Fsp3) is 0.340. The molecule has 0 radical (unpaired) electrons. The molecular formula is C106H125N21O18. The van der Waals surface area contributed by atoms with Gasteiger partial charge in [-0.3, -0.25) is 9.48 Å². The number of hydrogen-bond donors (Lipinski definition) is 3. The minimum atomic E-state index is -0.424. The third kappa shape index (κ3) is 33.3. The van der Waals surface area contributed by atoms with Crippen LogP contribution in [0, 0.1) is 5.92 Å². The molecule has 14 aromatic rings. The van der Waals surface area contributed by atoms with Crippen LogP contribution in [0.3, 0.4) is 0 Å². The monoisotopic (exact) mass is 1980 g/mol. The summed E-state index contributed by atoms with van der Waals surface area (Å²) in [5.74, 6) is 2.11. The van der Waals surface area contributed by atoms with E-state index in [0.717, 1.165) is 133 Å². The molecular weight excluding hydrogens is 1860 g/mol. The van der Waals surface area contributed by atoms with Gasteiger partial charge >= 0.3 is 36.5 Å². The van der Waals surface area contributed by atoms with Crippen LogP contribution in [0.25, 0.3) is 56.3 Å². The number of hydrogen-bond acceptors (Lipinski definition) is 30. The summed E-state index contributed by atoms with van der Waals surface area (Å²) in [6.07, 6.45) is 8.37. The van der Waals surface area contributed by atoms with Crippen LogP contribution in [-0.4, -0.2) is 218 Å². The number of nitrogens with zero attached hydrogens (tertiary/aromatic N) is 19. The largest absolute Gasteiger partial charge is 0.508 e. The van der Waals surface area contributed by atoms with Crippen molar-refractivity contribution in [1.29, 1.82) is 0 Å². The molecule has 16 rings (SSSR count). The Kier molecular flexibility index (Phi) is 42.7. The van der Waals surface area contributed by atoms with Gasteiger partial charge in [0.15, 0.2) is 13.6 Å². The fourth-order valence-corrected chi connectivity index (χ4v) is 15.6. The highest BCUT2D eigenvalue weighted by molar-refractivity contribution is 5.74. The average molecular weight is 1980 g/mol. The Balaban J connectivity index is 0.000000173. The van der Waals surface area contributed by atoms with E-state index in [9.17, 15) is 29.1 Å². The van der Waals surface area contributed by atoms with E-state index in [1.165, 1.54) is 53.9 Å². The second-order valence-corrected chi connectivity index (χ2v) is 34.1. The third-order valence-electron chi connectivity index (χ3n) is 23.5. The number of phenols is 1. The van der Waals surface area contributed by atoms with Crippen LogP contribution in [0.1, 0.15) is 109 Å². The summed E-state index contributed by atoms with van der Waals surface area (Å²) in [5.41, 5.74) is 17.4. The Morgan fingerprint density at radius 3 is 1.08 bits per heavy atom. The zero-order valence-electron chi connectivity index (χ0n) is 83.9. The van der Waals surface area contributed by atoms with Crippen LogP contribution < -0.4 is 24.8 Å². The Labute approximate surface area is 842 Å².